The lowest BCUT2D eigenvalue weighted by Gasteiger charge is -2.23. The average Bonchev–Trinajstić information content (AvgIpc) is 2.72. The summed E-state index contributed by atoms with van der Waals surface area (Å²) in [6, 6.07) is 11.3. The number of alkyl halides is 3. The maximum Gasteiger partial charge on any atom is 0.416 e. The SMILES string of the molecule is COc1ccc(C(C=NOCc2ccc(C(F)(F)F)cc2)C(OC(C)C)C(=O)O)cc1. The molecule has 2 aromatic carbocycles. The number of ether oxygens (including phenoxy) is 2. The van der Waals surface area contributed by atoms with Crippen molar-refractivity contribution in [2.24, 2.45) is 5.16 Å². The number of aliphatic carboxylic acids is 1. The van der Waals surface area contributed by atoms with Crippen molar-refractivity contribution in [2.45, 2.75) is 44.8 Å². The normalized spacial score (nSPS) is 13.9. The molecule has 9 heteroatoms. The molecule has 0 saturated heterocycles. The third-order valence-electron chi connectivity index (χ3n) is 4.30. The summed E-state index contributed by atoms with van der Waals surface area (Å²) in [6.45, 7) is 3.37. The molecular formula is C22H24F3NO5. The first kappa shape index (κ1) is 24.2. The summed E-state index contributed by atoms with van der Waals surface area (Å²) in [7, 11) is 1.52. The maximum absolute atomic E-state index is 12.6. The summed E-state index contributed by atoms with van der Waals surface area (Å²) in [5.41, 5.74) is 0.351. The molecule has 2 rings (SSSR count). The van der Waals surface area contributed by atoms with E-state index in [9.17, 15) is 23.1 Å². The Labute approximate surface area is 178 Å². The van der Waals surface area contributed by atoms with Crippen molar-refractivity contribution in [3.8, 4) is 5.75 Å². The van der Waals surface area contributed by atoms with Crippen molar-refractivity contribution in [1.29, 1.82) is 0 Å². The van der Waals surface area contributed by atoms with Gasteiger partial charge in [0.25, 0.3) is 0 Å². The van der Waals surface area contributed by atoms with Crippen LogP contribution in [0.15, 0.2) is 53.7 Å². The number of halogens is 3. The second-order valence-electron chi connectivity index (χ2n) is 6.97. The fourth-order valence-corrected chi connectivity index (χ4v) is 2.77. The van der Waals surface area contributed by atoms with Crippen LogP contribution in [0.4, 0.5) is 13.2 Å². The first-order valence-electron chi connectivity index (χ1n) is 9.45. The summed E-state index contributed by atoms with van der Waals surface area (Å²) in [6.07, 6.45) is -4.66. The van der Waals surface area contributed by atoms with Crippen molar-refractivity contribution in [1.82, 2.24) is 0 Å². The number of nitrogens with zero attached hydrogens (tertiary/aromatic N) is 1. The van der Waals surface area contributed by atoms with E-state index in [1.54, 1.807) is 38.1 Å². The highest BCUT2D eigenvalue weighted by Crippen LogP contribution is 2.29. The minimum absolute atomic E-state index is 0.0766. The van der Waals surface area contributed by atoms with Crippen LogP contribution in [0.3, 0.4) is 0 Å². The quantitative estimate of drug-likeness (QED) is 0.422. The molecule has 0 aromatic heterocycles. The summed E-state index contributed by atoms with van der Waals surface area (Å²) >= 11 is 0. The van der Waals surface area contributed by atoms with Gasteiger partial charge in [-0.05, 0) is 49.2 Å². The predicted octanol–water partition coefficient (Wildman–Crippen LogP) is 4.88. The molecule has 0 aliphatic heterocycles. The molecule has 0 heterocycles. The number of carboxylic acids is 1. The second-order valence-corrected chi connectivity index (χ2v) is 6.97. The molecule has 2 unspecified atom stereocenters. The Morgan fingerprint density at radius 3 is 2.19 bits per heavy atom. The number of hydrogen-bond donors (Lipinski definition) is 1. The molecule has 0 aliphatic rings. The largest absolute Gasteiger partial charge is 0.497 e. The second kappa shape index (κ2) is 10.8. The number of carbonyl (C=O) groups is 1. The number of methoxy groups -OCH3 is 1. The molecule has 2 atom stereocenters. The summed E-state index contributed by atoms with van der Waals surface area (Å²) in [4.78, 5) is 17.0. The smallest absolute Gasteiger partial charge is 0.416 e. The molecule has 0 fully saturated rings. The fourth-order valence-electron chi connectivity index (χ4n) is 2.77. The molecule has 0 bridgehead atoms. The van der Waals surface area contributed by atoms with Crippen molar-refractivity contribution in [3.63, 3.8) is 0 Å². The van der Waals surface area contributed by atoms with Crippen LogP contribution in [0.25, 0.3) is 0 Å². The zero-order valence-electron chi connectivity index (χ0n) is 17.3. The molecule has 0 amide bonds. The molecule has 0 spiro atoms. The molecule has 1 N–H and O–H groups in total. The Morgan fingerprint density at radius 2 is 1.71 bits per heavy atom. The lowest BCUT2D eigenvalue weighted by atomic mass is 9.94. The van der Waals surface area contributed by atoms with Crippen molar-refractivity contribution < 1.29 is 37.4 Å². The van der Waals surface area contributed by atoms with Crippen molar-refractivity contribution >= 4 is 12.2 Å². The van der Waals surface area contributed by atoms with E-state index in [2.05, 4.69) is 5.16 Å². The fraction of sp³-hybridized carbons (Fsp3) is 0.364. The van der Waals surface area contributed by atoms with E-state index in [4.69, 9.17) is 14.3 Å². The van der Waals surface area contributed by atoms with E-state index in [-0.39, 0.29) is 12.7 Å². The third kappa shape index (κ3) is 7.29. The number of oxime groups is 1. The average molecular weight is 439 g/mol. The van der Waals surface area contributed by atoms with E-state index in [0.717, 1.165) is 12.1 Å². The van der Waals surface area contributed by atoms with Crippen LogP contribution in [0.2, 0.25) is 0 Å². The van der Waals surface area contributed by atoms with E-state index in [1.807, 2.05) is 0 Å². The van der Waals surface area contributed by atoms with E-state index >= 15 is 0 Å². The molecule has 2 aromatic rings. The minimum Gasteiger partial charge on any atom is -0.497 e. The molecule has 168 valence electrons. The number of benzene rings is 2. The van der Waals surface area contributed by atoms with Gasteiger partial charge in [0.05, 0.1) is 30.9 Å². The highest BCUT2D eigenvalue weighted by Gasteiger charge is 2.31. The highest BCUT2D eigenvalue weighted by molar-refractivity contribution is 5.82. The van der Waals surface area contributed by atoms with Crippen molar-refractivity contribution in [2.75, 3.05) is 7.11 Å². The Balaban J connectivity index is 2.15. The van der Waals surface area contributed by atoms with Crippen LogP contribution in [0, 0.1) is 0 Å². The van der Waals surface area contributed by atoms with Crippen LogP contribution in [0.5, 0.6) is 5.75 Å². The zero-order chi connectivity index (χ0) is 23.0. The maximum atomic E-state index is 12.6. The van der Waals surface area contributed by atoms with Gasteiger partial charge in [-0.1, -0.05) is 29.4 Å². The molecule has 0 radical (unpaired) electrons. The van der Waals surface area contributed by atoms with E-state index in [1.165, 1.54) is 25.5 Å². The van der Waals surface area contributed by atoms with Crippen molar-refractivity contribution in [3.05, 3.63) is 65.2 Å². The van der Waals surface area contributed by atoms with Gasteiger partial charge in [-0.2, -0.15) is 13.2 Å². The van der Waals surface area contributed by atoms with Gasteiger partial charge in [0.15, 0.2) is 6.10 Å². The molecule has 6 nitrogen and oxygen atoms in total. The molecular weight excluding hydrogens is 415 g/mol. The van der Waals surface area contributed by atoms with Gasteiger partial charge >= 0.3 is 12.1 Å². The summed E-state index contributed by atoms with van der Waals surface area (Å²) in [5, 5.41) is 13.5. The minimum atomic E-state index is -4.41. The predicted molar refractivity (Wildman–Crippen MR) is 108 cm³/mol. The van der Waals surface area contributed by atoms with Gasteiger partial charge in [0.1, 0.15) is 12.4 Å². The van der Waals surface area contributed by atoms with Gasteiger partial charge in [-0.3, -0.25) is 0 Å². The first-order chi connectivity index (χ1) is 14.6. The Kier molecular flexibility index (Phi) is 8.44. The monoisotopic (exact) mass is 439 g/mol. The summed E-state index contributed by atoms with van der Waals surface area (Å²) in [5.74, 6) is -1.32. The first-order valence-corrected chi connectivity index (χ1v) is 9.45. The topological polar surface area (TPSA) is 77.3 Å². The molecule has 0 aliphatic carbocycles. The lowest BCUT2D eigenvalue weighted by molar-refractivity contribution is -0.153. The van der Waals surface area contributed by atoms with Crippen LogP contribution >= 0.6 is 0 Å². The number of carboxylic acid groups (broad SMARTS) is 1. The molecule has 31 heavy (non-hydrogen) atoms. The number of hydrogen-bond acceptors (Lipinski definition) is 5. The van der Waals surface area contributed by atoms with Gasteiger partial charge in [0, 0.05) is 0 Å². The van der Waals surface area contributed by atoms with Gasteiger partial charge in [0.2, 0.25) is 0 Å². The highest BCUT2D eigenvalue weighted by atomic mass is 19.4. The van der Waals surface area contributed by atoms with Gasteiger partial charge in [-0.15, -0.1) is 0 Å². The Morgan fingerprint density at radius 1 is 1.10 bits per heavy atom. The zero-order valence-corrected chi connectivity index (χ0v) is 17.3. The van der Waals surface area contributed by atoms with Crippen LogP contribution in [-0.2, 0) is 27.2 Å². The van der Waals surface area contributed by atoms with E-state index < -0.39 is 29.7 Å². The van der Waals surface area contributed by atoms with E-state index in [0.29, 0.717) is 16.9 Å². The standard InChI is InChI=1S/C22H24F3NO5/c1-14(2)31-20(21(27)28)19(16-6-10-18(29-3)11-7-16)12-26-30-13-15-4-8-17(9-5-15)22(23,24)25/h4-12,14,19-20H,13H2,1-3H3,(H,27,28). The van der Waals surface area contributed by atoms with Crippen LogP contribution in [0.1, 0.15) is 36.5 Å². The van der Waals surface area contributed by atoms with Gasteiger partial charge in [-0.25, -0.2) is 4.79 Å². The Hall–Kier alpha value is -3.07. The lowest BCUT2D eigenvalue weighted by Crippen LogP contribution is -2.34. The van der Waals surface area contributed by atoms with Crippen LogP contribution in [-0.4, -0.2) is 36.6 Å². The van der Waals surface area contributed by atoms with Gasteiger partial charge < -0.3 is 19.4 Å². The third-order valence-corrected chi connectivity index (χ3v) is 4.30. The molecule has 0 saturated carbocycles. The van der Waals surface area contributed by atoms with Crippen LogP contribution < -0.4 is 4.74 Å². The summed E-state index contributed by atoms with van der Waals surface area (Å²) < 4.78 is 48.6. The number of rotatable bonds is 10. The Bertz CT molecular complexity index is 864.